The van der Waals surface area contributed by atoms with Crippen molar-refractivity contribution in [3.8, 4) is 0 Å². The highest BCUT2D eigenvalue weighted by Gasteiger charge is 2.22. The van der Waals surface area contributed by atoms with E-state index in [1.165, 1.54) is 22.4 Å². The van der Waals surface area contributed by atoms with Crippen LogP contribution in [0.2, 0.25) is 0 Å². The van der Waals surface area contributed by atoms with Gasteiger partial charge >= 0.3 is 0 Å². The minimum atomic E-state index is -0.224. The molecule has 0 bridgehead atoms. The number of hydrogen-bond donors (Lipinski definition) is 1. The molecule has 0 atom stereocenters. The van der Waals surface area contributed by atoms with Crippen molar-refractivity contribution in [1.82, 2.24) is 20.0 Å². The van der Waals surface area contributed by atoms with Crippen LogP contribution in [0.5, 0.6) is 0 Å². The molecule has 0 unspecified atom stereocenters. The van der Waals surface area contributed by atoms with E-state index in [4.69, 9.17) is 0 Å². The number of carbonyl (C=O) groups is 1. The summed E-state index contributed by atoms with van der Waals surface area (Å²) in [7, 11) is 0. The molecule has 1 aliphatic rings. The zero-order valence-corrected chi connectivity index (χ0v) is 16.9. The minimum Gasteiger partial charge on any atom is -0.348 e. The second-order valence-corrected chi connectivity index (χ2v) is 7.71. The summed E-state index contributed by atoms with van der Waals surface area (Å²) in [6, 6.07) is 23.1. The van der Waals surface area contributed by atoms with Crippen molar-refractivity contribution >= 4 is 5.91 Å². The molecule has 1 saturated heterocycles. The molecule has 0 aliphatic carbocycles. The number of carbonyl (C=O) groups excluding carboxylic acids is 1. The Bertz CT molecular complexity index is 1030. The average Bonchev–Trinajstić information content (AvgIpc) is 2.78. The number of amides is 1. The van der Waals surface area contributed by atoms with Crippen molar-refractivity contribution in [2.24, 2.45) is 0 Å². The van der Waals surface area contributed by atoms with Crippen LogP contribution in [-0.2, 0) is 13.1 Å². The van der Waals surface area contributed by atoms with E-state index in [-0.39, 0.29) is 23.2 Å². The van der Waals surface area contributed by atoms with Gasteiger partial charge < -0.3 is 5.32 Å². The van der Waals surface area contributed by atoms with E-state index in [9.17, 15) is 9.59 Å². The predicted molar refractivity (Wildman–Crippen MR) is 116 cm³/mol. The summed E-state index contributed by atoms with van der Waals surface area (Å²) in [6.45, 7) is 3.17. The van der Waals surface area contributed by atoms with Crippen molar-refractivity contribution in [2.75, 3.05) is 13.1 Å². The monoisotopic (exact) mass is 402 g/mol. The molecule has 4 rings (SSSR count). The molecule has 6 nitrogen and oxygen atoms in total. The first-order valence-corrected chi connectivity index (χ1v) is 10.4. The lowest BCUT2D eigenvalue weighted by molar-refractivity contribution is 0.0901. The topological polar surface area (TPSA) is 67.2 Å². The molecule has 1 aliphatic heterocycles. The molecular weight excluding hydrogens is 376 g/mol. The fourth-order valence-electron chi connectivity index (χ4n) is 3.78. The molecule has 1 amide bonds. The third-order valence-electron chi connectivity index (χ3n) is 5.45. The van der Waals surface area contributed by atoms with Crippen LogP contribution >= 0.6 is 0 Å². The highest BCUT2D eigenvalue weighted by molar-refractivity contribution is 5.92. The first-order chi connectivity index (χ1) is 14.7. The third-order valence-corrected chi connectivity index (χ3v) is 5.45. The van der Waals surface area contributed by atoms with Crippen molar-refractivity contribution < 1.29 is 4.79 Å². The number of likely N-dealkylation sites (tertiary alicyclic amines) is 1. The Kier molecular flexibility index (Phi) is 6.35. The van der Waals surface area contributed by atoms with E-state index in [1.54, 1.807) is 0 Å². The van der Waals surface area contributed by atoms with Gasteiger partial charge in [-0.25, -0.2) is 4.68 Å². The van der Waals surface area contributed by atoms with E-state index in [1.807, 2.05) is 36.4 Å². The van der Waals surface area contributed by atoms with E-state index in [0.717, 1.165) is 38.0 Å². The number of rotatable bonds is 6. The standard InChI is InChI=1S/C24H26N4O2/c29-23-12-11-22(26-28(23)18-20-9-5-2-6-10-20)24(30)25-21-13-15-27(16-14-21)17-19-7-3-1-4-8-19/h1-12,21H,13-18H2,(H,25,30). The molecule has 3 aromatic rings. The molecule has 6 heteroatoms. The summed E-state index contributed by atoms with van der Waals surface area (Å²) in [5, 5.41) is 7.37. The average molecular weight is 402 g/mol. The maximum absolute atomic E-state index is 12.7. The van der Waals surface area contributed by atoms with E-state index in [2.05, 4.69) is 39.6 Å². The van der Waals surface area contributed by atoms with Crippen molar-refractivity contribution in [2.45, 2.75) is 32.0 Å². The molecule has 1 fully saturated rings. The van der Waals surface area contributed by atoms with Gasteiger partial charge in [0.1, 0.15) is 5.69 Å². The highest BCUT2D eigenvalue weighted by atomic mass is 16.2. The SMILES string of the molecule is O=C(NC1CCN(Cc2ccccc2)CC1)c1ccc(=O)n(Cc2ccccc2)n1. The van der Waals surface area contributed by atoms with Crippen LogP contribution in [0.25, 0.3) is 0 Å². The Hall–Kier alpha value is -3.25. The van der Waals surface area contributed by atoms with Gasteiger partial charge in [-0.05, 0) is 30.0 Å². The molecule has 2 heterocycles. The van der Waals surface area contributed by atoms with Crippen LogP contribution < -0.4 is 10.9 Å². The highest BCUT2D eigenvalue weighted by Crippen LogP contribution is 2.14. The number of hydrogen-bond acceptors (Lipinski definition) is 4. The molecule has 30 heavy (non-hydrogen) atoms. The van der Waals surface area contributed by atoms with Crippen LogP contribution in [0.3, 0.4) is 0 Å². The Morgan fingerprint density at radius 1 is 0.867 bits per heavy atom. The first kappa shape index (κ1) is 20.0. The number of nitrogens with one attached hydrogen (secondary N) is 1. The van der Waals surface area contributed by atoms with E-state index < -0.39 is 0 Å². The van der Waals surface area contributed by atoms with Crippen LogP contribution in [0.15, 0.2) is 77.6 Å². The summed E-state index contributed by atoms with van der Waals surface area (Å²) < 4.78 is 1.34. The Balaban J connectivity index is 1.33. The quantitative estimate of drug-likeness (QED) is 0.688. The second-order valence-electron chi connectivity index (χ2n) is 7.71. The third kappa shape index (κ3) is 5.21. The fraction of sp³-hybridized carbons (Fsp3) is 0.292. The summed E-state index contributed by atoms with van der Waals surface area (Å²) in [4.78, 5) is 27.2. The molecule has 2 aromatic carbocycles. The predicted octanol–water partition coefficient (Wildman–Crippen LogP) is 2.69. The zero-order chi connectivity index (χ0) is 20.8. The molecule has 0 saturated carbocycles. The van der Waals surface area contributed by atoms with Gasteiger partial charge in [0.2, 0.25) is 0 Å². The molecule has 154 valence electrons. The first-order valence-electron chi connectivity index (χ1n) is 10.4. The zero-order valence-electron chi connectivity index (χ0n) is 16.9. The Morgan fingerprint density at radius 2 is 1.47 bits per heavy atom. The van der Waals surface area contributed by atoms with Gasteiger partial charge in [-0.1, -0.05) is 60.7 Å². The second kappa shape index (κ2) is 9.50. The largest absolute Gasteiger partial charge is 0.348 e. The van der Waals surface area contributed by atoms with Crippen LogP contribution in [0.4, 0.5) is 0 Å². The van der Waals surface area contributed by atoms with Crippen LogP contribution in [0, 0.1) is 0 Å². The molecular formula is C24H26N4O2. The van der Waals surface area contributed by atoms with E-state index >= 15 is 0 Å². The van der Waals surface area contributed by atoms with Gasteiger partial charge in [0.15, 0.2) is 0 Å². The van der Waals surface area contributed by atoms with Crippen LogP contribution in [-0.4, -0.2) is 39.7 Å². The van der Waals surface area contributed by atoms with Gasteiger partial charge in [-0.3, -0.25) is 14.5 Å². The lowest BCUT2D eigenvalue weighted by Gasteiger charge is -2.32. The summed E-state index contributed by atoms with van der Waals surface area (Å²) >= 11 is 0. The van der Waals surface area contributed by atoms with Crippen molar-refractivity contribution in [3.05, 3.63) is 100.0 Å². The maximum atomic E-state index is 12.7. The molecule has 1 N–H and O–H groups in total. The van der Waals surface area contributed by atoms with Gasteiger partial charge in [0.25, 0.3) is 11.5 Å². The summed E-state index contributed by atoms with van der Waals surface area (Å²) in [6.07, 6.45) is 1.81. The number of benzene rings is 2. The lowest BCUT2D eigenvalue weighted by atomic mass is 10.0. The Labute approximate surface area is 176 Å². The van der Waals surface area contributed by atoms with Gasteiger partial charge in [0.05, 0.1) is 6.54 Å². The van der Waals surface area contributed by atoms with Crippen molar-refractivity contribution in [3.63, 3.8) is 0 Å². The summed E-state index contributed by atoms with van der Waals surface area (Å²) in [5.74, 6) is -0.224. The maximum Gasteiger partial charge on any atom is 0.271 e. The molecule has 0 spiro atoms. The number of aromatic nitrogens is 2. The minimum absolute atomic E-state index is 0.126. The van der Waals surface area contributed by atoms with E-state index in [0.29, 0.717) is 6.54 Å². The molecule has 1 aromatic heterocycles. The summed E-state index contributed by atoms with van der Waals surface area (Å²) in [5.41, 5.74) is 2.34. The smallest absolute Gasteiger partial charge is 0.271 e. The lowest BCUT2D eigenvalue weighted by Crippen LogP contribution is -2.44. The van der Waals surface area contributed by atoms with Gasteiger partial charge in [-0.2, -0.15) is 5.10 Å². The Morgan fingerprint density at radius 3 is 2.10 bits per heavy atom. The van der Waals surface area contributed by atoms with Crippen molar-refractivity contribution in [1.29, 1.82) is 0 Å². The van der Waals surface area contributed by atoms with Gasteiger partial charge in [0, 0.05) is 31.7 Å². The molecule has 0 radical (unpaired) electrons. The number of piperidine rings is 1. The normalized spacial score (nSPS) is 15.1. The van der Waals surface area contributed by atoms with Gasteiger partial charge in [-0.15, -0.1) is 0 Å². The number of nitrogens with zero attached hydrogens (tertiary/aromatic N) is 3. The fourth-order valence-corrected chi connectivity index (χ4v) is 3.78. The van der Waals surface area contributed by atoms with Crippen LogP contribution in [0.1, 0.15) is 34.5 Å².